The van der Waals surface area contributed by atoms with Crippen molar-refractivity contribution in [2.24, 2.45) is 0 Å². The van der Waals surface area contributed by atoms with Gasteiger partial charge in [-0.25, -0.2) is 4.79 Å². The lowest BCUT2D eigenvalue weighted by atomic mass is 10.1. The Morgan fingerprint density at radius 3 is 2.73 bits per heavy atom. The van der Waals surface area contributed by atoms with Crippen LogP contribution >= 0.6 is 11.6 Å². The Bertz CT molecular complexity index is 612. The van der Waals surface area contributed by atoms with E-state index in [0.717, 1.165) is 19.3 Å². The molecular weight excluding hydrogens is 306 g/mol. The summed E-state index contributed by atoms with van der Waals surface area (Å²) in [4.78, 5) is 23.1. The summed E-state index contributed by atoms with van der Waals surface area (Å²) in [5.41, 5.74) is 0.636. The van der Waals surface area contributed by atoms with Gasteiger partial charge in [-0.3, -0.25) is 4.79 Å². The van der Waals surface area contributed by atoms with Gasteiger partial charge in [-0.15, -0.1) is 0 Å². The SMILES string of the molecule is COC(=O)c1cc(Cl)c(NC(C)=O)cc1OC1C=CCCC1. The molecule has 1 aromatic carbocycles. The second-order valence-electron chi connectivity index (χ2n) is 5.02. The first kappa shape index (κ1) is 16.4. The van der Waals surface area contributed by atoms with Crippen LogP contribution in [0.2, 0.25) is 5.02 Å². The van der Waals surface area contributed by atoms with Gasteiger partial charge >= 0.3 is 5.97 Å². The summed E-state index contributed by atoms with van der Waals surface area (Å²) < 4.78 is 10.6. The van der Waals surface area contributed by atoms with E-state index in [1.54, 1.807) is 6.07 Å². The van der Waals surface area contributed by atoms with Gasteiger partial charge in [0.2, 0.25) is 5.91 Å². The number of anilines is 1. The highest BCUT2D eigenvalue weighted by Gasteiger charge is 2.20. The van der Waals surface area contributed by atoms with Gasteiger partial charge in [-0.1, -0.05) is 17.7 Å². The van der Waals surface area contributed by atoms with Crippen molar-refractivity contribution in [3.05, 3.63) is 34.9 Å². The monoisotopic (exact) mass is 323 g/mol. The first-order chi connectivity index (χ1) is 10.5. The highest BCUT2D eigenvalue weighted by Crippen LogP contribution is 2.33. The Hall–Kier alpha value is -2.01. The molecule has 1 amide bonds. The van der Waals surface area contributed by atoms with Gasteiger partial charge in [-0.2, -0.15) is 0 Å². The number of hydrogen-bond donors (Lipinski definition) is 1. The van der Waals surface area contributed by atoms with Gasteiger partial charge in [0.05, 0.1) is 17.8 Å². The largest absolute Gasteiger partial charge is 0.485 e. The van der Waals surface area contributed by atoms with E-state index < -0.39 is 5.97 Å². The van der Waals surface area contributed by atoms with Crippen molar-refractivity contribution < 1.29 is 19.1 Å². The third-order valence-electron chi connectivity index (χ3n) is 3.27. The molecule has 0 bridgehead atoms. The lowest BCUT2D eigenvalue weighted by Gasteiger charge is -2.21. The van der Waals surface area contributed by atoms with E-state index in [9.17, 15) is 9.59 Å². The van der Waals surface area contributed by atoms with Crippen LogP contribution in [0.5, 0.6) is 5.75 Å². The van der Waals surface area contributed by atoms with Crippen LogP contribution in [-0.4, -0.2) is 25.1 Å². The Kier molecular flexibility index (Phi) is 5.44. The van der Waals surface area contributed by atoms with Crippen molar-refractivity contribution >= 4 is 29.2 Å². The van der Waals surface area contributed by atoms with Crippen LogP contribution in [0.3, 0.4) is 0 Å². The zero-order valence-corrected chi connectivity index (χ0v) is 13.3. The molecule has 22 heavy (non-hydrogen) atoms. The molecular formula is C16H18ClNO4. The van der Waals surface area contributed by atoms with Gasteiger partial charge in [-0.05, 0) is 31.4 Å². The van der Waals surface area contributed by atoms with Crippen LogP contribution in [0.15, 0.2) is 24.3 Å². The van der Waals surface area contributed by atoms with Crippen molar-refractivity contribution in [2.75, 3.05) is 12.4 Å². The summed E-state index contributed by atoms with van der Waals surface area (Å²) in [5, 5.41) is 2.87. The second-order valence-corrected chi connectivity index (χ2v) is 5.42. The van der Waals surface area contributed by atoms with E-state index in [2.05, 4.69) is 11.4 Å². The van der Waals surface area contributed by atoms with Crippen LogP contribution in [-0.2, 0) is 9.53 Å². The summed E-state index contributed by atoms with van der Waals surface area (Å²) in [6, 6.07) is 3.00. The third-order valence-corrected chi connectivity index (χ3v) is 3.59. The molecule has 0 spiro atoms. The van der Waals surface area contributed by atoms with Crippen LogP contribution in [0, 0.1) is 0 Å². The number of nitrogens with one attached hydrogen (secondary N) is 1. The minimum absolute atomic E-state index is 0.108. The molecule has 2 rings (SSSR count). The molecule has 1 aliphatic rings. The third kappa shape index (κ3) is 4.01. The predicted octanol–water partition coefficient (Wildman–Crippen LogP) is 3.57. The van der Waals surface area contributed by atoms with E-state index in [1.165, 1.54) is 20.1 Å². The normalized spacial score (nSPS) is 17.0. The fourth-order valence-corrected chi connectivity index (χ4v) is 2.46. The van der Waals surface area contributed by atoms with Crippen molar-refractivity contribution in [3.63, 3.8) is 0 Å². The molecule has 6 heteroatoms. The lowest BCUT2D eigenvalue weighted by Crippen LogP contribution is -2.18. The highest BCUT2D eigenvalue weighted by molar-refractivity contribution is 6.34. The topological polar surface area (TPSA) is 64.6 Å². The molecule has 1 N–H and O–H groups in total. The molecule has 1 atom stereocenters. The Labute approximate surface area is 134 Å². The van der Waals surface area contributed by atoms with Crippen LogP contribution in [0.25, 0.3) is 0 Å². The number of hydrogen-bond acceptors (Lipinski definition) is 4. The maximum absolute atomic E-state index is 11.9. The molecule has 0 fully saturated rings. The van der Waals surface area contributed by atoms with Crippen molar-refractivity contribution in [1.29, 1.82) is 0 Å². The molecule has 0 heterocycles. The van der Waals surface area contributed by atoms with Gasteiger partial charge in [0.25, 0.3) is 0 Å². The van der Waals surface area contributed by atoms with E-state index in [1.807, 2.05) is 6.08 Å². The molecule has 0 saturated carbocycles. The quantitative estimate of drug-likeness (QED) is 0.679. The van der Waals surface area contributed by atoms with Crippen LogP contribution < -0.4 is 10.1 Å². The molecule has 0 aromatic heterocycles. The summed E-state index contributed by atoms with van der Waals surface area (Å²) in [6.07, 6.45) is 6.84. The molecule has 5 nitrogen and oxygen atoms in total. The molecule has 118 valence electrons. The number of carbonyl (C=O) groups is 2. The highest BCUT2D eigenvalue weighted by atomic mass is 35.5. The smallest absolute Gasteiger partial charge is 0.341 e. The number of halogens is 1. The molecule has 1 aliphatic carbocycles. The van der Waals surface area contributed by atoms with Gasteiger partial charge in [0, 0.05) is 13.0 Å². The van der Waals surface area contributed by atoms with Gasteiger partial charge in [0.15, 0.2) is 0 Å². The predicted molar refractivity (Wildman–Crippen MR) is 84.5 cm³/mol. The minimum Gasteiger partial charge on any atom is -0.485 e. The van der Waals surface area contributed by atoms with E-state index >= 15 is 0 Å². The number of methoxy groups -OCH3 is 1. The standard InChI is InChI=1S/C16H18ClNO4/c1-10(19)18-14-9-15(22-11-6-4-3-5-7-11)12(8-13(14)17)16(20)21-2/h4,6,8-9,11H,3,5,7H2,1-2H3,(H,18,19). The number of benzene rings is 1. The fraction of sp³-hybridized carbons (Fsp3) is 0.375. The number of carbonyl (C=O) groups excluding carboxylic acids is 2. The van der Waals surface area contributed by atoms with Gasteiger partial charge < -0.3 is 14.8 Å². The maximum Gasteiger partial charge on any atom is 0.341 e. The molecule has 1 unspecified atom stereocenters. The van der Waals surface area contributed by atoms with Crippen molar-refractivity contribution in [2.45, 2.75) is 32.3 Å². The summed E-state index contributed by atoms with van der Waals surface area (Å²) in [7, 11) is 1.29. The molecule has 1 aromatic rings. The molecule has 0 radical (unpaired) electrons. The number of esters is 1. The van der Waals surface area contributed by atoms with E-state index in [0.29, 0.717) is 11.4 Å². The second kappa shape index (κ2) is 7.31. The first-order valence-electron chi connectivity index (χ1n) is 7.04. The Morgan fingerprint density at radius 1 is 1.36 bits per heavy atom. The van der Waals surface area contributed by atoms with Gasteiger partial charge in [0.1, 0.15) is 17.4 Å². The molecule has 0 aliphatic heterocycles. The first-order valence-corrected chi connectivity index (χ1v) is 7.42. The van der Waals surface area contributed by atoms with E-state index in [-0.39, 0.29) is 22.6 Å². The maximum atomic E-state index is 11.9. The number of amides is 1. The minimum atomic E-state index is -0.536. The van der Waals surface area contributed by atoms with Crippen molar-refractivity contribution in [3.8, 4) is 5.75 Å². The van der Waals surface area contributed by atoms with E-state index in [4.69, 9.17) is 21.1 Å². The van der Waals surface area contributed by atoms with Crippen molar-refractivity contribution in [1.82, 2.24) is 0 Å². The fourth-order valence-electron chi connectivity index (χ4n) is 2.25. The summed E-state index contributed by atoms with van der Waals surface area (Å²) >= 11 is 6.10. The Morgan fingerprint density at radius 2 is 2.14 bits per heavy atom. The number of rotatable bonds is 4. The number of ether oxygens (including phenoxy) is 2. The van der Waals surface area contributed by atoms with Crippen LogP contribution in [0.4, 0.5) is 5.69 Å². The summed E-state index contributed by atoms with van der Waals surface area (Å²) in [5.74, 6) is -0.446. The van der Waals surface area contributed by atoms with Crippen LogP contribution in [0.1, 0.15) is 36.5 Å². The molecule has 0 saturated heterocycles. The zero-order chi connectivity index (χ0) is 16.1. The summed E-state index contributed by atoms with van der Waals surface area (Å²) in [6.45, 7) is 1.38. The number of allylic oxidation sites excluding steroid dienone is 1. The zero-order valence-electron chi connectivity index (χ0n) is 12.5. The lowest BCUT2D eigenvalue weighted by molar-refractivity contribution is -0.114. The Balaban J connectivity index is 2.37. The average Bonchev–Trinajstić information content (AvgIpc) is 2.50. The average molecular weight is 324 g/mol.